The van der Waals surface area contributed by atoms with Crippen molar-refractivity contribution in [1.29, 1.82) is 0 Å². The maximum atomic E-state index is 11.8. The van der Waals surface area contributed by atoms with Crippen molar-refractivity contribution >= 4 is 33.4 Å². The fourth-order valence-electron chi connectivity index (χ4n) is 1.10. The van der Waals surface area contributed by atoms with E-state index in [4.69, 9.17) is 0 Å². The number of halogens is 1. The second kappa shape index (κ2) is 4.59. The molecule has 0 N–H and O–H groups in total. The minimum atomic E-state index is -0.0600. The zero-order valence-electron chi connectivity index (χ0n) is 7.55. The van der Waals surface area contributed by atoms with Gasteiger partial charge in [-0.15, -0.1) is 0 Å². The first-order valence-corrected chi connectivity index (χ1v) is 5.70. The zero-order valence-corrected chi connectivity index (χ0v) is 9.96. The molecule has 0 aliphatic heterocycles. The van der Waals surface area contributed by atoms with Gasteiger partial charge in [0.05, 0.1) is 30.0 Å². The smallest absolute Gasteiger partial charge is 0.188 e. The predicted molar refractivity (Wildman–Crippen MR) is 59.9 cm³/mol. The largest absolute Gasteiger partial charge is 0.292 e. The quantitative estimate of drug-likeness (QED) is 0.810. The number of Topliss-reactive ketones (excluding diaryl/α,β-unsaturated/α-hetero) is 1. The molecule has 0 fully saturated rings. The monoisotopic (exact) mass is 283 g/mol. The van der Waals surface area contributed by atoms with Crippen molar-refractivity contribution in [2.45, 2.75) is 6.42 Å². The lowest BCUT2D eigenvalue weighted by Gasteiger charge is -1.99. The molecular formula is C9H6BrN3OS. The predicted octanol–water partition coefficient (Wildman–Crippen LogP) is 2.12. The number of aromatic nitrogens is 3. The number of rotatable bonds is 3. The number of pyridine rings is 1. The number of ketones is 1. The van der Waals surface area contributed by atoms with E-state index in [0.29, 0.717) is 15.9 Å². The number of carbonyl (C=O) groups excluding carboxylic acids is 1. The second-order valence-electron chi connectivity index (χ2n) is 2.83. The van der Waals surface area contributed by atoms with E-state index in [1.54, 1.807) is 24.5 Å². The van der Waals surface area contributed by atoms with E-state index in [1.165, 1.54) is 0 Å². The first-order chi connectivity index (χ1) is 7.27. The van der Waals surface area contributed by atoms with Gasteiger partial charge < -0.3 is 0 Å². The van der Waals surface area contributed by atoms with Gasteiger partial charge in [-0.3, -0.25) is 9.78 Å². The molecule has 76 valence electrons. The maximum Gasteiger partial charge on any atom is 0.188 e. The van der Waals surface area contributed by atoms with Gasteiger partial charge in [-0.2, -0.15) is 8.75 Å². The summed E-state index contributed by atoms with van der Waals surface area (Å²) in [6.45, 7) is 0. The molecule has 0 aliphatic rings. The van der Waals surface area contributed by atoms with Crippen LogP contribution in [0.25, 0.3) is 0 Å². The lowest BCUT2D eigenvalue weighted by Crippen LogP contribution is -2.06. The molecule has 0 aromatic carbocycles. The summed E-state index contributed by atoms with van der Waals surface area (Å²) in [5.41, 5.74) is 1.12. The summed E-state index contributed by atoms with van der Waals surface area (Å²) in [4.78, 5) is 15.8. The summed E-state index contributed by atoms with van der Waals surface area (Å²) in [5.74, 6) is -0.0600. The lowest BCUT2D eigenvalue weighted by molar-refractivity contribution is 0.0986. The lowest BCUT2D eigenvalue weighted by atomic mass is 10.1. The maximum absolute atomic E-state index is 11.8. The summed E-state index contributed by atoms with van der Waals surface area (Å²) in [6.07, 6.45) is 3.43. The van der Waals surface area contributed by atoms with Crippen LogP contribution in [0.4, 0.5) is 0 Å². The molecule has 6 heteroatoms. The highest BCUT2D eigenvalue weighted by atomic mass is 79.9. The van der Waals surface area contributed by atoms with E-state index < -0.39 is 0 Å². The first-order valence-electron chi connectivity index (χ1n) is 4.17. The van der Waals surface area contributed by atoms with Gasteiger partial charge >= 0.3 is 0 Å². The second-order valence-corrected chi connectivity index (χ2v) is 4.24. The van der Waals surface area contributed by atoms with Gasteiger partial charge in [-0.25, -0.2) is 0 Å². The van der Waals surface area contributed by atoms with Crippen LogP contribution in [0, 0.1) is 0 Å². The van der Waals surface area contributed by atoms with Crippen molar-refractivity contribution in [3.05, 3.63) is 40.4 Å². The van der Waals surface area contributed by atoms with Crippen molar-refractivity contribution in [2.24, 2.45) is 0 Å². The third-order valence-electron chi connectivity index (χ3n) is 1.77. The fourth-order valence-corrected chi connectivity index (χ4v) is 2.01. The van der Waals surface area contributed by atoms with E-state index >= 15 is 0 Å². The molecule has 0 unspecified atom stereocenters. The van der Waals surface area contributed by atoms with Crippen molar-refractivity contribution in [2.75, 3.05) is 0 Å². The number of carbonyl (C=O) groups is 1. The summed E-state index contributed by atoms with van der Waals surface area (Å²) < 4.78 is 8.52. The van der Waals surface area contributed by atoms with Crippen molar-refractivity contribution in [3.63, 3.8) is 0 Å². The van der Waals surface area contributed by atoms with Gasteiger partial charge in [0, 0.05) is 10.7 Å². The molecule has 2 heterocycles. The number of hydrogen-bond acceptors (Lipinski definition) is 5. The van der Waals surface area contributed by atoms with Gasteiger partial charge in [0.1, 0.15) is 5.69 Å². The third kappa shape index (κ3) is 2.45. The van der Waals surface area contributed by atoms with Crippen LogP contribution in [0.2, 0.25) is 0 Å². The summed E-state index contributed by atoms with van der Waals surface area (Å²) in [5, 5.41) is 0. The molecule has 15 heavy (non-hydrogen) atoms. The van der Waals surface area contributed by atoms with E-state index in [1.807, 2.05) is 0 Å². The molecule has 2 aromatic heterocycles. The summed E-state index contributed by atoms with van der Waals surface area (Å²) >= 11 is 4.38. The van der Waals surface area contributed by atoms with Crippen LogP contribution in [-0.2, 0) is 6.42 Å². The van der Waals surface area contributed by atoms with E-state index in [0.717, 1.165) is 11.7 Å². The highest BCUT2D eigenvalue weighted by molar-refractivity contribution is 9.10. The van der Waals surface area contributed by atoms with Gasteiger partial charge in [-0.05, 0) is 28.1 Å². The summed E-state index contributed by atoms with van der Waals surface area (Å²) in [7, 11) is 0. The van der Waals surface area contributed by atoms with Crippen LogP contribution in [0.15, 0.2) is 29.0 Å². The minimum absolute atomic E-state index is 0.0600. The topological polar surface area (TPSA) is 55.7 Å². The zero-order chi connectivity index (χ0) is 10.7. The molecule has 0 saturated heterocycles. The van der Waals surface area contributed by atoms with Gasteiger partial charge in [0.25, 0.3) is 0 Å². The van der Waals surface area contributed by atoms with E-state index in [-0.39, 0.29) is 12.2 Å². The molecule has 2 aromatic rings. The van der Waals surface area contributed by atoms with Crippen LogP contribution in [0.3, 0.4) is 0 Å². The Morgan fingerprint density at radius 2 is 2.40 bits per heavy atom. The molecule has 0 atom stereocenters. The fraction of sp³-hybridized carbons (Fsp3) is 0.111. The van der Waals surface area contributed by atoms with Crippen LogP contribution in [0.5, 0.6) is 0 Å². The number of hydrogen-bond donors (Lipinski definition) is 0. The SMILES string of the molecule is O=C(Cc1cnsn1)c1ncccc1Br. The highest BCUT2D eigenvalue weighted by Gasteiger charge is 2.12. The van der Waals surface area contributed by atoms with Crippen molar-refractivity contribution in [1.82, 2.24) is 13.7 Å². The molecule has 0 bridgehead atoms. The Labute approximate surface area is 98.8 Å². The Balaban J connectivity index is 2.19. The average molecular weight is 284 g/mol. The Morgan fingerprint density at radius 1 is 1.53 bits per heavy atom. The summed E-state index contributed by atoms with van der Waals surface area (Å²) in [6, 6.07) is 3.56. The Hall–Kier alpha value is -1.14. The first kappa shape index (κ1) is 10.4. The Morgan fingerprint density at radius 3 is 3.07 bits per heavy atom. The Kier molecular flexibility index (Phi) is 3.17. The standard InChI is InChI=1S/C9H6BrN3OS/c10-7-2-1-3-11-9(7)8(14)4-6-5-12-15-13-6/h1-3,5H,4H2. The molecule has 0 saturated carbocycles. The molecule has 2 rings (SSSR count). The van der Waals surface area contributed by atoms with Crippen molar-refractivity contribution < 1.29 is 4.79 Å². The molecule has 0 spiro atoms. The van der Waals surface area contributed by atoms with Gasteiger partial charge in [0.2, 0.25) is 0 Å². The van der Waals surface area contributed by atoms with E-state index in [2.05, 4.69) is 29.7 Å². The highest BCUT2D eigenvalue weighted by Crippen LogP contribution is 2.15. The van der Waals surface area contributed by atoms with Gasteiger partial charge in [0.15, 0.2) is 5.78 Å². The van der Waals surface area contributed by atoms with Crippen LogP contribution in [-0.4, -0.2) is 19.5 Å². The Bertz CT molecular complexity index is 472. The van der Waals surface area contributed by atoms with Crippen molar-refractivity contribution in [3.8, 4) is 0 Å². The van der Waals surface area contributed by atoms with E-state index in [9.17, 15) is 4.79 Å². The number of nitrogens with zero attached hydrogens (tertiary/aromatic N) is 3. The molecule has 0 amide bonds. The van der Waals surface area contributed by atoms with Crippen LogP contribution >= 0.6 is 27.7 Å². The molecule has 0 aliphatic carbocycles. The normalized spacial score (nSPS) is 10.2. The molecule has 0 radical (unpaired) electrons. The average Bonchev–Trinajstić information content (AvgIpc) is 2.71. The van der Waals surface area contributed by atoms with Crippen LogP contribution < -0.4 is 0 Å². The third-order valence-corrected chi connectivity index (χ3v) is 2.93. The minimum Gasteiger partial charge on any atom is -0.292 e. The molecular weight excluding hydrogens is 278 g/mol. The van der Waals surface area contributed by atoms with Gasteiger partial charge in [-0.1, -0.05) is 0 Å². The van der Waals surface area contributed by atoms with Crippen LogP contribution in [0.1, 0.15) is 16.2 Å². The molecule has 4 nitrogen and oxygen atoms in total.